The monoisotopic (exact) mass is 326 g/mol. The lowest BCUT2D eigenvalue weighted by molar-refractivity contribution is 0.454. The van der Waals surface area contributed by atoms with Gasteiger partial charge in [-0.2, -0.15) is 0 Å². The second-order valence-corrected chi connectivity index (χ2v) is 5.51. The number of allylic oxidation sites excluding steroid dienone is 1. The molecule has 0 aromatic heterocycles. The number of hydrogen-bond donors (Lipinski definition) is 5. The SMILES string of the molecule is C=C(CC(c1ccc(N)cc1O)c1ccc(N)cc1O)/N=C\NC. The number of aromatic hydroxyl groups is 2. The Morgan fingerprint density at radius 2 is 1.62 bits per heavy atom. The normalized spacial score (nSPS) is 11.1. The van der Waals surface area contributed by atoms with Crippen molar-refractivity contribution in [1.82, 2.24) is 5.32 Å². The maximum absolute atomic E-state index is 10.3. The zero-order valence-corrected chi connectivity index (χ0v) is 13.5. The number of phenols is 2. The van der Waals surface area contributed by atoms with Gasteiger partial charge in [-0.15, -0.1) is 0 Å². The van der Waals surface area contributed by atoms with Crippen LogP contribution in [0.15, 0.2) is 53.7 Å². The van der Waals surface area contributed by atoms with E-state index in [-0.39, 0.29) is 17.4 Å². The van der Waals surface area contributed by atoms with Gasteiger partial charge in [-0.05, 0) is 12.1 Å². The lowest BCUT2D eigenvalue weighted by Crippen LogP contribution is -2.06. The molecule has 7 N–H and O–H groups in total. The minimum absolute atomic E-state index is 0.0571. The predicted molar refractivity (Wildman–Crippen MR) is 98.2 cm³/mol. The van der Waals surface area contributed by atoms with Crippen molar-refractivity contribution >= 4 is 17.7 Å². The first kappa shape index (κ1) is 17.2. The first-order chi connectivity index (χ1) is 11.4. The molecule has 0 saturated carbocycles. The van der Waals surface area contributed by atoms with Gasteiger partial charge >= 0.3 is 0 Å². The highest BCUT2D eigenvalue weighted by atomic mass is 16.3. The molecule has 0 fully saturated rings. The third kappa shape index (κ3) is 3.98. The smallest absolute Gasteiger partial charge is 0.121 e. The van der Waals surface area contributed by atoms with E-state index in [2.05, 4.69) is 16.9 Å². The van der Waals surface area contributed by atoms with Crippen LogP contribution in [0, 0.1) is 0 Å². The van der Waals surface area contributed by atoms with Crippen LogP contribution in [0.4, 0.5) is 11.4 Å². The highest BCUT2D eigenvalue weighted by molar-refractivity contribution is 5.57. The number of nitrogens with one attached hydrogen (secondary N) is 1. The van der Waals surface area contributed by atoms with E-state index >= 15 is 0 Å². The summed E-state index contributed by atoms with van der Waals surface area (Å²) in [6.07, 6.45) is 1.94. The molecule has 0 amide bonds. The summed E-state index contributed by atoms with van der Waals surface area (Å²) in [6.45, 7) is 3.93. The van der Waals surface area contributed by atoms with Gasteiger partial charge in [-0.25, -0.2) is 4.99 Å². The van der Waals surface area contributed by atoms with Crippen LogP contribution in [-0.4, -0.2) is 23.6 Å². The molecule has 0 aliphatic heterocycles. The first-order valence-corrected chi connectivity index (χ1v) is 7.46. The van der Waals surface area contributed by atoms with Gasteiger partial charge in [0.2, 0.25) is 0 Å². The summed E-state index contributed by atoms with van der Waals surface area (Å²) in [5, 5.41) is 23.4. The van der Waals surface area contributed by atoms with E-state index < -0.39 is 0 Å². The van der Waals surface area contributed by atoms with E-state index in [4.69, 9.17) is 11.5 Å². The van der Waals surface area contributed by atoms with Gasteiger partial charge in [0, 0.05) is 59.7 Å². The van der Waals surface area contributed by atoms with E-state index in [1.807, 2.05) is 0 Å². The average molecular weight is 326 g/mol. The molecule has 24 heavy (non-hydrogen) atoms. The lowest BCUT2D eigenvalue weighted by Gasteiger charge is -2.20. The number of hydrogen-bond acceptors (Lipinski definition) is 5. The highest BCUT2D eigenvalue weighted by Gasteiger charge is 2.22. The van der Waals surface area contributed by atoms with Crippen molar-refractivity contribution in [1.29, 1.82) is 0 Å². The Balaban J connectivity index is 2.48. The molecule has 0 unspecified atom stereocenters. The van der Waals surface area contributed by atoms with E-state index in [0.717, 1.165) is 0 Å². The topological polar surface area (TPSA) is 117 Å². The summed E-state index contributed by atoms with van der Waals surface area (Å²) < 4.78 is 0. The highest BCUT2D eigenvalue weighted by Crippen LogP contribution is 2.40. The molecule has 0 aliphatic rings. The second kappa shape index (κ2) is 7.41. The van der Waals surface area contributed by atoms with Crippen LogP contribution in [0.3, 0.4) is 0 Å². The number of anilines is 2. The van der Waals surface area contributed by atoms with Crippen LogP contribution >= 0.6 is 0 Å². The fourth-order valence-electron chi connectivity index (χ4n) is 2.54. The first-order valence-electron chi connectivity index (χ1n) is 7.46. The molecule has 0 radical (unpaired) electrons. The molecule has 2 aromatic carbocycles. The summed E-state index contributed by atoms with van der Waals surface area (Å²) in [5.74, 6) is -0.226. The zero-order chi connectivity index (χ0) is 17.7. The van der Waals surface area contributed by atoms with Crippen LogP contribution in [0.2, 0.25) is 0 Å². The Hall–Kier alpha value is -3.15. The Labute approximate surface area is 141 Å². The van der Waals surface area contributed by atoms with Crippen molar-refractivity contribution < 1.29 is 10.2 Å². The second-order valence-electron chi connectivity index (χ2n) is 5.51. The van der Waals surface area contributed by atoms with E-state index in [1.165, 1.54) is 18.5 Å². The third-order valence-electron chi connectivity index (χ3n) is 3.68. The van der Waals surface area contributed by atoms with Gasteiger partial charge in [0.05, 0.1) is 6.34 Å². The van der Waals surface area contributed by atoms with Crippen molar-refractivity contribution in [2.45, 2.75) is 12.3 Å². The molecule has 0 saturated heterocycles. The minimum Gasteiger partial charge on any atom is -0.508 e. The predicted octanol–water partition coefficient (Wildman–Crippen LogP) is 2.55. The molecule has 0 heterocycles. The summed E-state index contributed by atoms with van der Waals surface area (Å²) in [4.78, 5) is 4.18. The fourth-order valence-corrected chi connectivity index (χ4v) is 2.54. The fraction of sp³-hybridized carbons (Fsp3) is 0.167. The molecule has 0 atom stereocenters. The van der Waals surface area contributed by atoms with Crippen LogP contribution in [-0.2, 0) is 0 Å². The molecule has 6 nitrogen and oxygen atoms in total. The molecule has 2 rings (SSSR count). The van der Waals surface area contributed by atoms with Crippen LogP contribution in [0.1, 0.15) is 23.5 Å². The number of nitrogen functional groups attached to an aromatic ring is 2. The number of nitrogens with two attached hydrogens (primary N) is 2. The molecular formula is C18H22N4O2. The summed E-state index contributed by atoms with van der Waals surface area (Å²) in [7, 11) is 1.74. The zero-order valence-electron chi connectivity index (χ0n) is 13.5. The largest absolute Gasteiger partial charge is 0.508 e. The summed E-state index contributed by atoms with van der Waals surface area (Å²) >= 11 is 0. The van der Waals surface area contributed by atoms with Gasteiger partial charge in [0.25, 0.3) is 0 Å². The summed E-state index contributed by atoms with van der Waals surface area (Å²) in [5.41, 5.74) is 14.2. The lowest BCUT2D eigenvalue weighted by atomic mass is 9.86. The van der Waals surface area contributed by atoms with E-state index in [0.29, 0.717) is 34.6 Å². The van der Waals surface area contributed by atoms with Crippen molar-refractivity contribution in [2.24, 2.45) is 4.99 Å². The Morgan fingerprint density at radius 3 is 2.04 bits per heavy atom. The van der Waals surface area contributed by atoms with Crippen molar-refractivity contribution in [3.63, 3.8) is 0 Å². The van der Waals surface area contributed by atoms with E-state index in [1.54, 1.807) is 31.3 Å². The number of phenolic OH excluding ortho intramolecular Hbond substituents is 2. The van der Waals surface area contributed by atoms with Crippen molar-refractivity contribution in [3.8, 4) is 11.5 Å². The van der Waals surface area contributed by atoms with Gasteiger partial charge in [0.15, 0.2) is 0 Å². The van der Waals surface area contributed by atoms with Gasteiger partial charge in [-0.1, -0.05) is 18.7 Å². The maximum Gasteiger partial charge on any atom is 0.121 e. The Bertz CT molecular complexity index is 720. The molecule has 6 heteroatoms. The number of rotatable bonds is 6. The number of nitrogens with zero attached hydrogens (tertiary/aromatic N) is 1. The third-order valence-corrected chi connectivity index (χ3v) is 3.68. The van der Waals surface area contributed by atoms with Gasteiger partial charge < -0.3 is 27.0 Å². The van der Waals surface area contributed by atoms with Gasteiger partial charge in [0.1, 0.15) is 11.5 Å². The quantitative estimate of drug-likeness (QED) is 0.318. The molecule has 0 bridgehead atoms. The molecule has 0 spiro atoms. The van der Waals surface area contributed by atoms with Crippen LogP contribution in [0.25, 0.3) is 0 Å². The van der Waals surface area contributed by atoms with Crippen LogP contribution in [0.5, 0.6) is 11.5 Å². The minimum atomic E-state index is -0.340. The maximum atomic E-state index is 10.3. The van der Waals surface area contributed by atoms with Crippen LogP contribution < -0.4 is 16.8 Å². The molecule has 126 valence electrons. The molecule has 0 aliphatic carbocycles. The van der Waals surface area contributed by atoms with Crippen molar-refractivity contribution in [2.75, 3.05) is 18.5 Å². The standard InChI is InChI=1S/C18H22N4O2/c1-11(22-10-21-2)7-16(14-5-3-12(19)8-17(14)23)15-6-4-13(20)9-18(15)24/h3-6,8-10,16,23-24H,1,7,19-20H2,2H3,(H,21,22). The van der Waals surface area contributed by atoms with Gasteiger partial charge in [-0.3, -0.25) is 0 Å². The van der Waals surface area contributed by atoms with Crippen molar-refractivity contribution in [3.05, 3.63) is 59.8 Å². The summed E-state index contributed by atoms with van der Waals surface area (Å²) in [6, 6.07) is 9.85. The Morgan fingerprint density at radius 1 is 1.12 bits per heavy atom. The number of benzene rings is 2. The van der Waals surface area contributed by atoms with E-state index in [9.17, 15) is 10.2 Å². The molecule has 2 aromatic rings. The molecular weight excluding hydrogens is 304 g/mol. The number of aliphatic imine (C=N–C) groups is 1. The Kier molecular flexibility index (Phi) is 5.31. The average Bonchev–Trinajstić information content (AvgIpc) is 2.51.